The summed E-state index contributed by atoms with van der Waals surface area (Å²) in [4.78, 5) is 11.2. The Morgan fingerprint density at radius 2 is 2.25 bits per heavy atom. The van der Waals surface area contributed by atoms with Crippen molar-refractivity contribution in [3.05, 3.63) is 28.6 Å². The van der Waals surface area contributed by atoms with E-state index in [1.54, 1.807) is 6.07 Å². The molecular weight excluding hydrogens is 224 g/mol. The van der Waals surface area contributed by atoms with E-state index in [4.69, 9.17) is 9.84 Å². The van der Waals surface area contributed by atoms with Crippen LogP contribution in [0.1, 0.15) is 22.2 Å². The lowest BCUT2D eigenvalue weighted by Gasteiger charge is -2.07. The summed E-state index contributed by atoms with van der Waals surface area (Å²) in [5, 5.41) is 9.87. The summed E-state index contributed by atoms with van der Waals surface area (Å²) >= 11 is 1.26. The van der Waals surface area contributed by atoms with Crippen LogP contribution in [0.25, 0.3) is 10.1 Å². The van der Waals surface area contributed by atoms with Crippen LogP contribution in [0.2, 0.25) is 0 Å². The number of rotatable bonds is 3. The molecule has 0 unspecified atom stereocenters. The molecule has 16 heavy (non-hydrogen) atoms. The highest BCUT2D eigenvalue weighted by molar-refractivity contribution is 7.21. The monoisotopic (exact) mass is 236 g/mol. The van der Waals surface area contributed by atoms with Crippen molar-refractivity contribution in [3.63, 3.8) is 0 Å². The molecule has 2 aromatic rings. The van der Waals surface area contributed by atoms with Crippen molar-refractivity contribution in [2.24, 2.45) is 0 Å². The van der Waals surface area contributed by atoms with Crippen molar-refractivity contribution in [1.82, 2.24) is 0 Å². The molecule has 4 heteroatoms. The van der Waals surface area contributed by atoms with Gasteiger partial charge in [-0.2, -0.15) is 0 Å². The van der Waals surface area contributed by atoms with Crippen LogP contribution in [0.5, 0.6) is 5.75 Å². The van der Waals surface area contributed by atoms with E-state index in [-0.39, 0.29) is 0 Å². The van der Waals surface area contributed by atoms with E-state index in [1.807, 2.05) is 26.0 Å². The lowest BCUT2D eigenvalue weighted by Crippen LogP contribution is -1.93. The molecule has 1 aromatic carbocycles. The van der Waals surface area contributed by atoms with Gasteiger partial charge in [0.15, 0.2) is 0 Å². The van der Waals surface area contributed by atoms with Crippen molar-refractivity contribution in [1.29, 1.82) is 0 Å². The Hall–Kier alpha value is -1.55. The number of aromatic carboxylic acids is 1. The lowest BCUT2D eigenvalue weighted by atomic mass is 10.1. The molecule has 0 radical (unpaired) electrons. The molecule has 0 aliphatic carbocycles. The first-order chi connectivity index (χ1) is 7.63. The fourth-order valence-electron chi connectivity index (χ4n) is 1.61. The highest BCUT2D eigenvalue weighted by atomic mass is 32.1. The van der Waals surface area contributed by atoms with E-state index in [9.17, 15) is 4.79 Å². The van der Waals surface area contributed by atoms with Crippen LogP contribution in [0.4, 0.5) is 0 Å². The summed E-state index contributed by atoms with van der Waals surface area (Å²) in [5.74, 6) is -0.0844. The molecule has 2 rings (SSSR count). The molecule has 0 aliphatic heterocycles. The normalized spacial score (nSPS) is 10.6. The number of aryl methyl sites for hydroxylation is 1. The van der Waals surface area contributed by atoms with Crippen molar-refractivity contribution >= 4 is 27.4 Å². The van der Waals surface area contributed by atoms with Gasteiger partial charge in [0.2, 0.25) is 0 Å². The zero-order valence-electron chi connectivity index (χ0n) is 9.11. The number of carbonyl (C=O) groups is 1. The topological polar surface area (TPSA) is 46.5 Å². The van der Waals surface area contributed by atoms with Crippen LogP contribution in [0, 0.1) is 6.92 Å². The van der Waals surface area contributed by atoms with E-state index in [2.05, 4.69) is 0 Å². The highest BCUT2D eigenvalue weighted by Gasteiger charge is 2.13. The Morgan fingerprint density at radius 1 is 1.50 bits per heavy atom. The second-order valence-corrected chi connectivity index (χ2v) is 4.53. The maximum absolute atomic E-state index is 10.9. The summed E-state index contributed by atoms with van der Waals surface area (Å²) in [7, 11) is 0. The second-order valence-electron chi connectivity index (χ2n) is 3.48. The molecule has 0 amide bonds. The molecule has 0 spiro atoms. The Morgan fingerprint density at radius 3 is 2.88 bits per heavy atom. The van der Waals surface area contributed by atoms with Crippen molar-refractivity contribution in [2.75, 3.05) is 6.61 Å². The average Bonchev–Trinajstić information content (AvgIpc) is 2.66. The Balaban J connectivity index is 2.66. The molecule has 1 N–H and O–H groups in total. The van der Waals surface area contributed by atoms with Gasteiger partial charge < -0.3 is 9.84 Å². The molecular formula is C12H12O3S. The first kappa shape index (κ1) is 11.0. The van der Waals surface area contributed by atoms with Gasteiger partial charge in [-0.1, -0.05) is 12.1 Å². The van der Waals surface area contributed by atoms with Crippen LogP contribution in [-0.4, -0.2) is 17.7 Å². The van der Waals surface area contributed by atoms with Crippen LogP contribution in [0.3, 0.4) is 0 Å². The molecule has 1 heterocycles. The summed E-state index contributed by atoms with van der Waals surface area (Å²) in [6, 6.07) is 5.56. The Kier molecular flexibility index (Phi) is 2.83. The minimum absolute atomic E-state index is 0.349. The minimum Gasteiger partial charge on any atom is -0.492 e. The summed E-state index contributed by atoms with van der Waals surface area (Å²) in [6.07, 6.45) is 0. The SMILES string of the molecule is CCOc1c(C)ccc2cc(C(=O)O)sc12. The highest BCUT2D eigenvalue weighted by Crippen LogP contribution is 2.36. The van der Waals surface area contributed by atoms with Crippen LogP contribution in [0.15, 0.2) is 18.2 Å². The second kappa shape index (κ2) is 4.14. The minimum atomic E-state index is -0.888. The van der Waals surface area contributed by atoms with E-state index >= 15 is 0 Å². The van der Waals surface area contributed by atoms with Gasteiger partial charge in [-0.3, -0.25) is 0 Å². The number of hydrogen-bond acceptors (Lipinski definition) is 3. The third-order valence-electron chi connectivity index (χ3n) is 2.34. The predicted octanol–water partition coefficient (Wildman–Crippen LogP) is 3.31. The quantitative estimate of drug-likeness (QED) is 0.889. The number of carboxylic acid groups (broad SMARTS) is 1. The van der Waals surface area contributed by atoms with E-state index in [1.165, 1.54) is 11.3 Å². The van der Waals surface area contributed by atoms with Gasteiger partial charge in [-0.15, -0.1) is 11.3 Å². The van der Waals surface area contributed by atoms with Crippen LogP contribution >= 0.6 is 11.3 Å². The number of fused-ring (bicyclic) bond motifs is 1. The number of benzene rings is 1. The summed E-state index contributed by atoms with van der Waals surface area (Å²) in [5.41, 5.74) is 1.04. The molecule has 0 fully saturated rings. The van der Waals surface area contributed by atoms with Gasteiger partial charge in [-0.25, -0.2) is 4.79 Å². The zero-order chi connectivity index (χ0) is 11.7. The third kappa shape index (κ3) is 1.76. The van der Waals surface area contributed by atoms with Crippen LogP contribution in [-0.2, 0) is 0 Å². The summed E-state index contributed by atoms with van der Waals surface area (Å²) < 4.78 is 6.48. The van der Waals surface area contributed by atoms with E-state index < -0.39 is 5.97 Å². The van der Waals surface area contributed by atoms with Gasteiger partial charge in [0, 0.05) is 0 Å². The molecule has 0 aliphatic rings. The Bertz CT molecular complexity index is 542. The van der Waals surface area contributed by atoms with Gasteiger partial charge in [0.05, 0.1) is 11.3 Å². The third-order valence-corrected chi connectivity index (χ3v) is 3.48. The van der Waals surface area contributed by atoms with Gasteiger partial charge in [0.1, 0.15) is 10.6 Å². The molecule has 0 atom stereocenters. The molecule has 0 saturated carbocycles. The maximum Gasteiger partial charge on any atom is 0.345 e. The summed E-state index contributed by atoms with van der Waals surface area (Å²) in [6.45, 7) is 4.47. The number of hydrogen-bond donors (Lipinski definition) is 1. The largest absolute Gasteiger partial charge is 0.492 e. The predicted molar refractivity (Wildman–Crippen MR) is 64.7 cm³/mol. The fraction of sp³-hybridized carbons (Fsp3) is 0.250. The van der Waals surface area contributed by atoms with Gasteiger partial charge in [0.25, 0.3) is 0 Å². The van der Waals surface area contributed by atoms with Crippen LogP contribution < -0.4 is 4.74 Å². The number of carboxylic acids is 1. The Labute approximate surface area is 97.3 Å². The van der Waals surface area contributed by atoms with Gasteiger partial charge >= 0.3 is 5.97 Å². The molecule has 84 valence electrons. The number of ether oxygens (including phenoxy) is 1. The van der Waals surface area contributed by atoms with E-state index in [0.29, 0.717) is 11.5 Å². The maximum atomic E-state index is 10.9. The number of thiophene rings is 1. The van der Waals surface area contributed by atoms with E-state index in [0.717, 1.165) is 21.4 Å². The lowest BCUT2D eigenvalue weighted by molar-refractivity contribution is 0.0702. The zero-order valence-corrected chi connectivity index (χ0v) is 9.93. The average molecular weight is 236 g/mol. The molecule has 3 nitrogen and oxygen atoms in total. The fourth-order valence-corrected chi connectivity index (χ4v) is 2.66. The smallest absolute Gasteiger partial charge is 0.345 e. The standard InChI is InChI=1S/C12H12O3S/c1-3-15-10-7(2)4-5-8-6-9(12(13)14)16-11(8)10/h4-6H,3H2,1-2H3,(H,13,14). The first-order valence-corrected chi connectivity index (χ1v) is 5.84. The van der Waals surface area contributed by atoms with Crippen molar-refractivity contribution in [3.8, 4) is 5.75 Å². The molecule has 0 bridgehead atoms. The first-order valence-electron chi connectivity index (χ1n) is 5.02. The van der Waals surface area contributed by atoms with Gasteiger partial charge in [-0.05, 0) is 30.9 Å². The van der Waals surface area contributed by atoms with Crippen molar-refractivity contribution in [2.45, 2.75) is 13.8 Å². The van der Waals surface area contributed by atoms with Crippen molar-refractivity contribution < 1.29 is 14.6 Å². The molecule has 0 saturated heterocycles. The molecule has 1 aromatic heterocycles.